The zero-order valence-corrected chi connectivity index (χ0v) is 13.7. The molecule has 1 aliphatic heterocycles. The Kier molecular flexibility index (Phi) is 6.84. The number of carbonyl (C=O) groups is 2. The highest BCUT2D eigenvalue weighted by Gasteiger charge is 2.54. The van der Waals surface area contributed by atoms with E-state index in [9.17, 15) is 14.2 Å². The monoisotopic (exact) mass is 321 g/mol. The molecule has 7 nitrogen and oxygen atoms in total. The smallest absolute Gasteiger partial charge is 0.355 e. The molecule has 0 spiro atoms. The van der Waals surface area contributed by atoms with Crippen LogP contribution in [0, 0.1) is 0 Å². The maximum atomic E-state index is 13.0. The van der Waals surface area contributed by atoms with Gasteiger partial charge in [-0.15, -0.1) is 0 Å². The normalized spacial score (nSPS) is 22.1. The van der Waals surface area contributed by atoms with Crippen molar-refractivity contribution in [2.75, 3.05) is 19.8 Å². The van der Waals surface area contributed by atoms with E-state index in [0.717, 1.165) is 0 Å². The minimum Gasteiger partial charge on any atom is -0.466 e. The second kappa shape index (κ2) is 7.92. The average molecular weight is 321 g/mol. The lowest BCUT2D eigenvalue weighted by Crippen LogP contribution is -2.43. The highest BCUT2D eigenvalue weighted by atomic mass is 31.2. The molecule has 21 heavy (non-hydrogen) atoms. The SMILES string of the molecule is CCOC(=O)CCC1(P(=O)(OCC)OCC)CCC(=O)N1. The number of amides is 1. The molecular formula is C13H24NO6P. The number of hydrogen-bond donors (Lipinski definition) is 1. The lowest BCUT2D eigenvalue weighted by Gasteiger charge is -2.35. The molecule has 1 atom stereocenters. The number of rotatable bonds is 9. The third-order valence-corrected chi connectivity index (χ3v) is 6.11. The lowest BCUT2D eigenvalue weighted by atomic mass is 10.1. The van der Waals surface area contributed by atoms with E-state index in [4.69, 9.17) is 13.8 Å². The van der Waals surface area contributed by atoms with Crippen LogP contribution in [0.4, 0.5) is 0 Å². The molecule has 0 aromatic heterocycles. The summed E-state index contributed by atoms with van der Waals surface area (Å²) in [5.41, 5.74) is 0. The van der Waals surface area contributed by atoms with Gasteiger partial charge in [0.05, 0.1) is 19.8 Å². The summed E-state index contributed by atoms with van der Waals surface area (Å²) in [6, 6.07) is 0. The molecule has 1 heterocycles. The van der Waals surface area contributed by atoms with Crippen molar-refractivity contribution in [1.82, 2.24) is 5.32 Å². The second-order valence-corrected chi connectivity index (χ2v) is 7.09. The number of hydrogen-bond acceptors (Lipinski definition) is 6. The van der Waals surface area contributed by atoms with E-state index in [2.05, 4.69) is 5.32 Å². The van der Waals surface area contributed by atoms with Crippen LogP contribution < -0.4 is 5.32 Å². The zero-order chi connectivity index (χ0) is 15.9. The van der Waals surface area contributed by atoms with Crippen molar-refractivity contribution < 1.29 is 27.9 Å². The fourth-order valence-electron chi connectivity index (χ4n) is 2.40. The van der Waals surface area contributed by atoms with Gasteiger partial charge in [0.25, 0.3) is 0 Å². The maximum absolute atomic E-state index is 13.0. The molecule has 0 aliphatic carbocycles. The van der Waals surface area contributed by atoms with Crippen LogP contribution in [0.1, 0.15) is 46.5 Å². The molecule has 1 fully saturated rings. The second-order valence-electron chi connectivity index (χ2n) is 4.72. The fourth-order valence-corrected chi connectivity index (χ4v) is 4.68. The Morgan fingerprint density at radius 2 is 1.86 bits per heavy atom. The lowest BCUT2D eigenvalue weighted by molar-refractivity contribution is -0.143. The number of carbonyl (C=O) groups excluding carboxylic acids is 2. The zero-order valence-electron chi connectivity index (χ0n) is 12.8. The van der Waals surface area contributed by atoms with Gasteiger partial charge in [0.15, 0.2) is 0 Å². The predicted octanol–water partition coefficient (Wildman–Crippen LogP) is 2.20. The molecule has 0 aromatic rings. The quantitative estimate of drug-likeness (QED) is 0.517. The third-order valence-electron chi connectivity index (χ3n) is 3.31. The maximum Gasteiger partial charge on any atom is 0.355 e. The van der Waals surface area contributed by atoms with Gasteiger partial charge in [-0.3, -0.25) is 14.2 Å². The van der Waals surface area contributed by atoms with Gasteiger partial charge in [0, 0.05) is 12.8 Å². The molecule has 0 aromatic carbocycles. The predicted molar refractivity (Wildman–Crippen MR) is 76.8 cm³/mol. The van der Waals surface area contributed by atoms with Crippen molar-refractivity contribution in [3.8, 4) is 0 Å². The molecule has 122 valence electrons. The van der Waals surface area contributed by atoms with E-state index < -0.39 is 18.8 Å². The Morgan fingerprint density at radius 3 is 2.29 bits per heavy atom. The number of esters is 1. The highest BCUT2D eigenvalue weighted by molar-refractivity contribution is 7.55. The summed E-state index contributed by atoms with van der Waals surface area (Å²) in [5, 5.41) is 1.58. The van der Waals surface area contributed by atoms with Crippen molar-refractivity contribution >= 4 is 19.5 Å². The fraction of sp³-hybridized carbons (Fsp3) is 0.846. The van der Waals surface area contributed by atoms with Gasteiger partial charge in [-0.2, -0.15) is 0 Å². The molecule has 1 amide bonds. The number of ether oxygens (including phenoxy) is 1. The number of nitrogens with one attached hydrogen (secondary N) is 1. The van der Waals surface area contributed by atoms with Crippen LogP contribution in [-0.4, -0.2) is 37.0 Å². The molecule has 1 unspecified atom stereocenters. The van der Waals surface area contributed by atoms with Gasteiger partial charge in [0.2, 0.25) is 5.91 Å². The van der Waals surface area contributed by atoms with E-state index in [1.165, 1.54) is 0 Å². The summed E-state index contributed by atoms with van der Waals surface area (Å²) < 4.78 is 28.7. The van der Waals surface area contributed by atoms with E-state index in [0.29, 0.717) is 6.42 Å². The molecule has 1 N–H and O–H groups in total. The van der Waals surface area contributed by atoms with Crippen molar-refractivity contribution in [3.05, 3.63) is 0 Å². The van der Waals surface area contributed by atoms with Gasteiger partial charge in [-0.1, -0.05) is 0 Å². The van der Waals surface area contributed by atoms with Gasteiger partial charge >= 0.3 is 13.6 Å². The Balaban J connectivity index is 2.94. The molecule has 0 radical (unpaired) electrons. The van der Waals surface area contributed by atoms with Crippen LogP contribution in [0.15, 0.2) is 0 Å². The van der Waals surface area contributed by atoms with Crippen LogP contribution in [0.2, 0.25) is 0 Å². The van der Waals surface area contributed by atoms with Crippen molar-refractivity contribution in [3.63, 3.8) is 0 Å². The summed E-state index contributed by atoms with van der Waals surface area (Å²) in [4.78, 5) is 23.2. The summed E-state index contributed by atoms with van der Waals surface area (Å²) in [7, 11) is -3.55. The Bertz CT molecular complexity index is 417. The Labute approximate surface area is 125 Å². The van der Waals surface area contributed by atoms with Crippen LogP contribution in [-0.2, 0) is 27.9 Å². The molecule has 0 bridgehead atoms. The van der Waals surface area contributed by atoms with Crippen LogP contribution in [0.5, 0.6) is 0 Å². The summed E-state index contributed by atoms with van der Waals surface area (Å²) >= 11 is 0. The van der Waals surface area contributed by atoms with Crippen LogP contribution >= 0.6 is 7.60 Å². The molecule has 1 saturated heterocycles. The van der Waals surface area contributed by atoms with E-state index in [1.54, 1.807) is 20.8 Å². The summed E-state index contributed by atoms with van der Waals surface area (Å²) in [6.07, 6.45) is 0.794. The Hall–Kier alpha value is -0.910. The van der Waals surface area contributed by atoms with E-state index in [-0.39, 0.29) is 45.0 Å². The van der Waals surface area contributed by atoms with Crippen molar-refractivity contribution in [1.29, 1.82) is 0 Å². The Morgan fingerprint density at radius 1 is 1.24 bits per heavy atom. The highest BCUT2D eigenvalue weighted by Crippen LogP contribution is 2.63. The third kappa shape index (κ3) is 4.28. The standard InChI is InChI=1S/C13H24NO6P/c1-4-18-12(16)8-10-13(9-7-11(15)14-13)21(17,19-5-2)20-6-3/h4-10H2,1-3H3,(H,14,15). The van der Waals surface area contributed by atoms with Crippen molar-refractivity contribution in [2.45, 2.75) is 51.7 Å². The van der Waals surface area contributed by atoms with E-state index in [1.807, 2.05) is 0 Å². The molecular weight excluding hydrogens is 297 g/mol. The van der Waals surface area contributed by atoms with Gasteiger partial charge in [-0.25, -0.2) is 0 Å². The topological polar surface area (TPSA) is 90.9 Å². The minimum absolute atomic E-state index is 0.0538. The molecule has 1 aliphatic rings. The molecule has 1 rings (SSSR count). The van der Waals surface area contributed by atoms with Crippen molar-refractivity contribution in [2.24, 2.45) is 0 Å². The molecule has 0 saturated carbocycles. The van der Waals surface area contributed by atoms with Gasteiger partial charge in [-0.05, 0) is 33.6 Å². The first-order chi connectivity index (χ1) is 9.93. The first kappa shape index (κ1) is 18.1. The summed E-state index contributed by atoms with van der Waals surface area (Å²) in [6.45, 7) is 5.83. The summed E-state index contributed by atoms with van der Waals surface area (Å²) in [5.74, 6) is -0.601. The van der Waals surface area contributed by atoms with Gasteiger partial charge < -0.3 is 19.1 Å². The largest absolute Gasteiger partial charge is 0.466 e. The minimum atomic E-state index is -3.55. The van der Waals surface area contributed by atoms with Crippen LogP contribution in [0.25, 0.3) is 0 Å². The average Bonchev–Trinajstić information content (AvgIpc) is 2.81. The van der Waals surface area contributed by atoms with E-state index >= 15 is 0 Å². The van der Waals surface area contributed by atoms with Crippen LogP contribution in [0.3, 0.4) is 0 Å². The molecule has 8 heteroatoms. The van der Waals surface area contributed by atoms with Gasteiger partial charge in [0.1, 0.15) is 5.28 Å². The first-order valence-electron chi connectivity index (χ1n) is 7.29. The first-order valence-corrected chi connectivity index (χ1v) is 8.83.